The van der Waals surface area contributed by atoms with Gasteiger partial charge in [0, 0.05) is 13.1 Å². The second-order valence-electron chi connectivity index (χ2n) is 5.52. The molecule has 1 aromatic rings. The van der Waals surface area contributed by atoms with Gasteiger partial charge in [-0.3, -0.25) is 9.69 Å². The average Bonchev–Trinajstić information content (AvgIpc) is 2.43. The second kappa shape index (κ2) is 7.87. The molecule has 1 atom stereocenters. The summed E-state index contributed by atoms with van der Waals surface area (Å²) in [5.74, 6) is -0.589. The van der Waals surface area contributed by atoms with Crippen molar-refractivity contribution in [3.05, 3.63) is 34.1 Å². The lowest BCUT2D eigenvalue weighted by Gasteiger charge is -2.32. The smallest absolute Gasteiger partial charge is 0.317 e. The molecule has 1 heterocycles. The van der Waals surface area contributed by atoms with E-state index in [0.717, 1.165) is 44.6 Å². The summed E-state index contributed by atoms with van der Waals surface area (Å²) in [5.41, 5.74) is 1.09. The maximum atomic E-state index is 13.2. The van der Waals surface area contributed by atoms with Crippen molar-refractivity contribution < 1.29 is 14.3 Å². The Morgan fingerprint density at radius 2 is 2.33 bits per heavy atom. The number of rotatable bonds is 6. The summed E-state index contributed by atoms with van der Waals surface area (Å²) in [6, 6.07) is 5.11. The van der Waals surface area contributed by atoms with Gasteiger partial charge in [0.25, 0.3) is 0 Å². The fraction of sp³-hybridized carbons (Fsp3) is 0.533. The number of benzene rings is 1. The summed E-state index contributed by atoms with van der Waals surface area (Å²) in [7, 11) is 0. The van der Waals surface area contributed by atoms with Crippen molar-refractivity contribution in [1.82, 2.24) is 10.2 Å². The molecular weight excluding hydrogens is 339 g/mol. The van der Waals surface area contributed by atoms with Crippen molar-refractivity contribution >= 4 is 21.9 Å². The van der Waals surface area contributed by atoms with Crippen LogP contribution in [-0.4, -0.2) is 42.2 Å². The van der Waals surface area contributed by atoms with Crippen molar-refractivity contribution in [3.8, 4) is 0 Å². The maximum Gasteiger partial charge on any atom is 0.317 e. The Hall–Kier alpha value is -0.980. The first-order valence-electron chi connectivity index (χ1n) is 7.13. The maximum absolute atomic E-state index is 13.2. The van der Waals surface area contributed by atoms with Crippen LogP contribution in [0.2, 0.25) is 0 Å². The topological polar surface area (TPSA) is 52.6 Å². The molecule has 1 aromatic carbocycles. The normalized spacial score (nSPS) is 19.6. The molecule has 0 aliphatic carbocycles. The number of hydrogen-bond acceptors (Lipinski definition) is 3. The number of halogens is 2. The van der Waals surface area contributed by atoms with Crippen molar-refractivity contribution in [2.75, 3.05) is 26.2 Å². The van der Waals surface area contributed by atoms with Crippen molar-refractivity contribution in [2.24, 2.45) is 5.92 Å². The second-order valence-corrected chi connectivity index (χ2v) is 6.37. The van der Waals surface area contributed by atoms with Crippen LogP contribution in [0.3, 0.4) is 0 Å². The molecule has 1 aliphatic heterocycles. The van der Waals surface area contributed by atoms with Crippen LogP contribution in [0.1, 0.15) is 18.4 Å². The molecule has 1 unspecified atom stereocenters. The third-order valence-corrected chi connectivity index (χ3v) is 4.31. The molecule has 1 fully saturated rings. The molecule has 1 saturated heterocycles. The highest BCUT2D eigenvalue weighted by atomic mass is 79.9. The van der Waals surface area contributed by atoms with E-state index in [2.05, 4.69) is 26.1 Å². The van der Waals surface area contributed by atoms with Gasteiger partial charge in [0.1, 0.15) is 5.82 Å². The number of nitrogens with one attached hydrogen (secondary N) is 1. The lowest BCUT2D eigenvalue weighted by Crippen LogP contribution is -2.40. The van der Waals surface area contributed by atoms with Gasteiger partial charge < -0.3 is 10.4 Å². The Morgan fingerprint density at radius 3 is 3.05 bits per heavy atom. The van der Waals surface area contributed by atoms with E-state index in [9.17, 15) is 9.18 Å². The predicted molar refractivity (Wildman–Crippen MR) is 82.6 cm³/mol. The Morgan fingerprint density at radius 1 is 1.52 bits per heavy atom. The molecule has 0 spiro atoms. The average molecular weight is 359 g/mol. The fourth-order valence-electron chi connectivity index (χ4n) is 2.74. The van der Waals surface area contributed by atoms with Crippen LogP contribution in [0.25, 0.3) is 0 Å². The highest BCUT2D eigenvalue weighted by Gasteiger charge is 2.20. The molecule has 1 aliphatic rings. The van der Waals surface area contributed by atoms with E-state index in [1.54, 1.807) is 0 Å². The third kappa shape index (κ3) is 5.37. The first kappa shape index (κ1) is 16.4. The van der Waals surface area contributed by atoms with Crippen LogP contribution >= 0.6 is 15.9 Å². The SMILES string of the molecule is O=C(O)CNCC1CCCN(Cc2ccc(F)c(Br)c2)C1. The first-order chi connectivity index (χ1) is 10.0. The molecule has 2 N–H and O–H groups in total. The lowest BCUT2D eigenvalue weighted by molar-refractivity contribution is -0.136. The number of likely N-dealkylation sites (tertiary alicyclic amines) is 1. The molecule has 116 valence electrons. The van der Waals surface area contributed by atoms with Crippen molar-refractivity contribution in [3.63, 3.8) is 0 Å². The van der Waals surface area contributed by atoms with E-state index < -0.39 is 5.97 Å². The molecule has 0 radical (unpaired) electrons. The monoisotopic (exact) mass is 358 g/mol. The first-order valence-corrected chi connectivity index (χ1v) is 7.92. The van der Waals surface area contributed by atoms with Gasteiger partial charge >= 0.3 is 5.97 Å². The minimum Gasteiger partial charge on any atom is -0.480 e. The number of nitrogens with zero attached hydrogens (tertiary/aromatic N) is 1. The van der Waals surface area contributed by atoms with E-state index in [-0.39, 0.29) is 12.4 Å². The van der Waals surface area contributed by atoms with Gasteiger partial charge in [-0.15, -0.1) is 0 Å². The quantitative estimate of drug-likeness (QED) is 0.820. The van der Waals surface area contributed by atoms with Crippen LogP contribution in [0.5, 0.6) is 0 Å². The number of hydrogen-bond donors (Lipinski definition) is 2. The zero-order chi connectivity index (χ0) is 15.2. The van der Waals surface area contributed by atoms with Crippen LogP contribution in [0, 0.1) is 11.7 Å². The van der Waals surface area contributed by atoms with Crippen LogP contribution in [0.15, 0.2) is 22.7 Å². The molecule has 0 aromatic heterocycles. The highest BCUT2D eigenvalue weighted by Crippen LogP contribution is 2.21. The van der Waals surface area contributed by atoms with Gasteiger partial charge in [-0.05, 0) is 65.5 Å². The summed E-state index contributed by atoms with van der Waals surface area (Å²) in [6.45, 7) is 3.53. The lowest BCUT2D eigenvalue weighted by atomic mass is 9.97. The largest absolute Gasteiger partial charge is 0.480 e. The Bertz CT molecular complexity index is 499. The van der Waals surface area contributed by atoms with E-state index in [4.69, 9.17) is 5.11 Å². The van der Waals surface area contributed by atoms with Crippen LogP contribution in [-0.2, 0) is 11.3 Å². The molecule has 0 saturated carbocycles. The zero-order valence-electron chi connectivity index (χ0n) is 11.8. The van der Waals surface area contributed by atoms with E-state index in [0.29, 0.717) is 10.4 Å². The number of carbonyl (C=O) groups is 1. The summed E-state index contributed by atoms with van der Waals surface area (Å²) in [4.78, 5) is 12.8. The predicted octanol–water partition coefficient (Wildman–Crippen LogP) is 2.47. The minimum absolute atomic E-state index is 0.0153. The van der Waals surface area contributed by atoms with Gasteiger partial charge in [0.05, 0.1) is 11.0 Å². The number of carboxylic acids is 1. The van der Waals surface area contributed by atoms with Gasteiger partial charge in [0.15, 0.2) is 0 Å². The molecule has 4 nitrogen and oxygen atoms in total. The van der Waals surface area contributed by atoms with Gasteiger partial charge in [-0.1, -0.05) is 6.07 Å². The zero-order valence-corrected chi connectivity index (χ0v) is 13.4. The molecule has 0 bridgehead atoms. The van der Waals surface area contributed by atoms with Gasteiger partial charge in [-0.25, -0.2) is 4.39 Å². The van der Waals surface area contributed by atoms with Crippen molar-refractivity contribution in [2.45, 2.75) is 19.4 Å². The number of carboxylic acid groups (broad SMARTS) is 1. The Kier molecular flexibility index (Phi) is 6.14. The van der Waals surface area contributed by atoms with Crippen molar-refractivity contribution in [1.29, 1.82) is 0 Å². The van der Waals surface area contributed by atoms with Gasteiger partial charge in [0.2, 0.25) is 0 Å². The van der Waals surface area contributed by atoms with Crippen LogP contribution < -0.4 is 5.32 Å². The Labute approximate surface area is 132 Å². The molecule has 21 heavy (non-hydrogen) atoms. The number of piperidine rings is 1. The van der Waals surface area contributed by atoms with Crippen LogP contribution in [0.4, 0.5) is 4.39 Å². The summed E-state index contributed by atoms with van der Waals surface area (Å²) in [6.07, 6.45) is 2.23. The summed E-state index contributed by atoms with van der Waals surface area (Å²) in [5, 5.41) is 11.6. The Balaban J connectivity index is 1.83. The standard InChI is InChI=1S/C15H20BrFN2O2/c16-13-6-11(3-4-14(13)17)9-19-5-1-2-12(10-19)7-18-8-15(20)21/h3-4,6,12,18H,1-2,5,7-10H2,(H,20,21). The molecule has 2 rings (SSSR count). The number of aliphatic carboxylic acids is 1. The van der Waals surface area contributed by atoms with Gasteiger partial charge in [-0.2, -0.15) is 0 Å². The molecular formula is C15H20BrFN2O2. The summed E-state index contributed by atoms with van der Waals surface area (Å²) >= 11 is 3.21. The van der Waals surface area contributed by atoms with E-state index in [1.807, 2.05) is 12.1 Å². The minimum atomic E-state index is -0.821. The molecule has 6 heteroatoms. The highest BCUT2D eigenvalue weighted by molar-refractivity contribution is 9.10. The summed E-state index contributed by atoms with van der Waals surface area (Å²) < 4.78 is 13.7. The fourth-order valence-corrected chi connectivity index (χ4v) is 3.17. The molecule has 0 amide bonds. The third-order valence-electron chi connectivity index (χ3n) is 3.70. The van der Waals surface area contributed by atoms with E-state index in [1.165, 1.54) is 6.07 Å². The van der Waals surface area contributed by atoms with E-state index >= 15 is 0 Å².